The van der Waals surface area contributed by atoms with Gasteiger partial charge in [-0.25, -0.2) is 0 Å². The molecule has 0 aliphatic heterocycles. The molecular formula is C23H23NO2Se. The van der Waals surface area contributed by atoms with Gasteiger partial charge in [-0.15, -0.1) is 0 Å². The second-order valence-electron chi connectivity index (χ2n) is 6.19. The fourth-order valence-corrected chi connectivity index (χ4v) is 4.84. The Morgan fingerprint density at radius 1 is 0.889 bits per heavy atom. The van der Waals surface area contributed by atoms with Crippen molar-refractivity contribution in [1.29, 1.82) is 0 Å². The first-order valence-electron chi connectivity index (χ1n) is 8.99. The summed E-state index contributed by atoms with van der Waals surface area (Å²) in [5.74, 6) is -0.272. The Balaban J connectivity index is 1.70. The Morgan fingerprint density at radius 2 is 1.44 bits per heavy atom. The summed E-state index contributed by atoms with van der Waals surface area (Å²) < 4.78 is 7.21. The average Bonchev–Trinajstić information content (AvgIpc) is 2.73. The van der Waals surface area contributed by atoms with Crippen molar-refractivity contribution in [2.45, 2.75) is 17.8 Å². The minimum absolute atomic E-state index is 0.210. The summed E-state index contributed by atoms with van der Waals surface area (Å²) >= 11 is 0.210. The minimum atomic E-state index is -0.272. The second kappa shape index (κ2) is 9.96. The van der Waals surface area contributed by atoms with Crippen molar-refractivity contribution in [3.63, 3.8) is 0 Å². The molecule has 2 unspecified atom stereocenters. The van der Waals surface area contributed by atoms with Crippen LogP contribution in [0.15, 0.2) is 91.0 Å². The van der Waals surface area contributed by atoms with Crippen LogP contribution in [0.4, 0.5) is 5.69 Å². The second-order valence-corrected chi connectivity index (χ2v) is 9.24. The number of para-hydroxylation sites is 1. The molecule has 3 aromatic rings. The first-order valence-corrected chi connectivity index (χ1v) is 10.8. The van der Waals surface area contributed by atoms with Gasteiger partial charge in [0.25, 0.3) is 0 Å². The number of ether oxygens (including phenoxy) is 1. The molecule has 0 spiro atoms. The maximum atomic E-state index is 12.6. The molecule has 0 saturated heterocycles. The van der Waals surface area contributed by atoms with Crippen LogP contribution in [0, 0.1) is 0 Å². The van der Waals surface area contributed by atoms with E-state index in [1.54, 1.807) is 12.1 Å². The summed E-state index contributed by atoms with van der Waals surface area (Å²) in [7, 11) is 0. The van der Waals surface area contributed by atoms with Gasteiger partial charge in [0.2, 0.25) is 0 Å². The van der Waals surface area contributed by atoms with Gasteiger partial charge < -0.3 is 0 Å². The number of carbonyl (C=O) groups is 1. The zero-order valence-electron chi connectivity index (χ0n) is 15.2. The number of anilines is 1. The monoisotopic (exact) mass is 425 g/mol. The van der Waals surface area contributed by atoms with Crippen LogP contribution in [-0.2, 0) is 4.74 Å². The van der Waals surface area contributed by atoms with E-state index in [1.165, 1.54) is 4.46 Å². The van der Waals surface area contributed by atoms with Crippen LogP contribution in [0.5, 0.6) is 0 Å². The van der Waals surface area contributed by atoms with E-state index >= 15 is 0 Å². The molecule has 0 aliphatic carbocycles. The Morgan fingerprint density at radius 3 is 2.07 bits per heavy atom. The van der Waals surface area contributed by atoms with Gasteiger partial charge in [0.05, 0.1) is 0 Å². The first-order chi connectivity index (χ1) is 13.2. The Hall–Kier alpha value is -2.55. The summed E-state index contributed by atoms with van der Waals surface area (Å²) in [6.07, 6.45) is -0.210. The van der Waals surface area contributed by atoms with E-state index in [2.05, 4.69) is 36.5 Å². The van der Waals surface area contributed by atoms with Crippen LogP contribution >= 0.6 is 0 Å². The predicted octanol–water partition coefficient (Wildman–Crippen LogP) is 4.16. The summed E-state index contributed by atoms with van der Waals surface area (Å²) in [5.41, 5.74) is 1.61. The van der Waals surface area contributed by atoms with Crippen LogP contribution in [-0.4, -0.2) is 33.6 Å². The van der Waals surface area contributed by atoms with Crippen LogP contribution in [0.25, 0.3) is 0 Å². The van der Waals surface area contributed by atoms with Gasteiger partial charge in [-0.2, -0.15) is 0 Å². The van der Waals surface area contributed by atoms with Crippen LogP contribution in [0.2, 0.25) is 4.82 Å². The van der Waals surface area contributed by atoms with Crippen LogP contribution in [0.1, 0.15) is 17.3 Å². The summed E-state index contributed by atoms with van der Waals surface area (Å²) in [4.78, 5) is 12.8. The van der Waals surface area contributed by atoms with E-state index in [-0.39, 0.29) is 31.8 Å². The van der Waals surface area contributed by atoms with Gasteiger partial charge in [-0.05, 0) is 0 Å². The standard InChI is InChI=1S/C23H23NO2Se/c1-18(27-21-15-9-4-10-16-21)22(17-24-20-13-7-3-8-14-20)26-23(25)19-11-5-2-6-12-19/h2-16,18,22,24H,17H2,1H3. The summed E-state index contributed by atoms with van der Waals surface area (Å²) in [6.45, 7) is 2.74. The van der Waals surface area contributed by atoms with Crippen molar-refractivity contribution in [1.82, 2.24) is 0 Å². The van der Waals surface area contributed by atoms with Crippen molar-refractivity contribution >= 4 is 31.1 Å². The molecule has 2 atom stereocenters. The fourth-order valence-electron chi connectivity index (χ4n) is 2.65. The molecule has 0 amide bonds. The summed E-state index contributed by atoms with van der Waals surface area (Å²) in [5, 5.41) is 3.40. The van der Waals surface area contributed by atoms with Gasteiger partial charge in [-0.1, -0.05) is 0 Å². The van der Waals surface area contributed by atoms with E-state index in [9.17, 15) is 4.79 Å². The van der Waals surface area contributed by atoms with E-state index in [1.807, 2.05) is 54.6 Å². The van der Waals surface area contributed by atoms with Gasteiger partial charge in [0.15, 0.2) is 0 Å². The molecule has 0 radical (unpaired) electrons. The average molecular weight is 424 g/mol. The Bertz CT molecular complexity index is 825. The zero-order chi connectivity index (χ0) is 18.9. The summed E-state index contributed by atoms with van der Waals surface area (Å²) in [6, 6.07) is 29.6. The molecule has 0 fully saturated rings. The number of nitrogens with one attached hydrogen (secondary N) is 1. The Kier molecular flexibility index (Phi) is 7.09. The third-order valence-corrected chi connectivity index (χ3v) is 6.70. The molecule has 27 heavy (non-hydrogen) atoms. The number of benzene rings is 3. The number of esters is 1. The SMILES string of the molecule is CC([Se]c1ccccc1)C(CNc1ccccc1)OC(=O)c1ccccc1. The van der Waals surface area contributed by atoms with Gasteiger partial charge in [0, 0.05) is 0 Å². The zero-order valence-corrected chi connectivity index (χ0v) is 17.0. The van der Waals surface area contributed by atoms with E-state index in [0.29, 0.717) is 12.1 Å². The Labute approximate surface area is 166 Å². The maximum absolute atomic E-state index is 12.6. The molecule has 0 aliphatic rings. The van der Waals surface area contributed by atoms with Gasteiger partial charge in [-0.3, -0.25) is 0 Å². The number of rotatable bonds is 8. The molecule has 1 N–H and O–H groups in total. The van der Waals surface area contributed by atoms with Crippen LogP contribution in [0.3, 0.4) is 0 Å². The molecule has 3 nitrogen and oxygen atoms in total. The van der Waals surface area contributed by atoms with Crippen molar-refractivity contribution < 1.29 is 9.53 Å². The fraction of sp³-hybridized carbons (Fsp3) is 0.174. The molecule has 3 rings (SSSR count). The van der Waals surface area contributed by atoms with Crippen molar-refractivity contribution in [2.24, 2.45) is 0 Å². The van der Waals surface area contributed by atoms with Gasteiger partial charge in [0.1, 0.15) is 0 Å². The van der Waals surface area contributed by atoms with E-state index in [4.69, 9.17) is 4.74 Å². The molecule has 0 aromatic heterocycles. The van der Waals surface area contributed by atoms with Gasteiger partial charge >= 0.3 is 167 Å². The van der Waals surface area contributed by atoms with E-state index in [0.717, 1.165) is 5.69 Å². The van der Waals surface area contributed by atoms with Crippen molar-refractivity contribution in [3.8, 4) is 0 Å². The first kappa shape index (κ1) is 19.2. The molecule has 0 bridgehead atoms. The van der Waals surface area contributed by atoms with Crippen molar-refractivity contribution in [2.75, 3.05) is 11.9 Å². The number of carbonyl (C=O) groups excluding carboxylic acids is 1. The molecule has 0 saturated carbocycles. The molecule has 4 heteroatoms. The molecule has 3 aromatic carbocycles. The number of hydrogen-bond acceptors (Lipinski definition) is 3. The molecule has 0 heterocycles. The third-order valence-electron chi connectivity index (χ3n) is 4.14. The van der Waals surface area contributed by atoms with E-state index < -0.39 is 0 Å². The molecular weight excluding hydrogens is 401 g/mol. The predicted molar refractivity (Wildman–Crippen MR) is 112 cm³/mol. The van der Waals surface area contributed by atoms with Crippen molar-refractivity contribution in [3.05, 3.63) is 96.6 Å². The van der Waals surface area contributed by atoms with Crippen LogP contribution < -0.4 is 9.78 Å². The topological polar surface area (TPSA) is 38.3 Å². The quantitative estimate of drug-likeness (QED) is 0.436. The molecule has 138 valence electrons. The number of hydrogen-bond donors (Lipinski definition) is 1. The third kappa shape index (κ3) is 5.99. The normalized spacial score (nSPS) is 12.8.